The van der Waals surface area contributed by atoms with Crippen molar-refractivity contribution in [1.82, 2.24) is 15.1 Å². The number of nitrogens with one attached hydrogen (secondary N) is 1. The summed E-state index contributed by atoms with van der Waals surface area (Å²) in [7, 11) is 0. The quantitative estimate of drug-likeness (QED) is 0.714. The number of nitrogens with zero attached hydrogens (tertiary/aromatic N) is 2. The minimum Gasteiger partial charge on any atom is -0.465 e. The molecular formula is C23H26FN3O3. The predicted molar refractivity (Wildman–Crippen MR) is 113 cm³/mol. The maximum atomic E-state index is 14.5. The fraction of sp³-hybridized carbons (Fsp3) is 0.304. The number of carboxylic acid groups (broad SMARTS) is 1. The molecule has 0 unspecified atom stereocenters. The van der Waals surface area contributed by atoms with Crippen LogP contribution in [-0.4, -0.2) is 52.6 Å². The monoisotopic (exact) mass is 411 g/mol. The Hall–Kier alpha value is -3.19. The maximum absolute atomic E-state index is 14.5. The normalized spacial score (nSPS) is 16.9. The van der Waals surface area contributed by atoms with Crippen molar-refractivity contribution in [3.63, 3.8) is 0 Å². The molecule has 1 saturated heterocycles. The Morgan fingerprint density at radius 3 is 2.73 bits per heavy atom. The topological polar surface area (TPSA) is 72.9 Å². The molecule has 2 N–H and O–H groups in total. The third-order valence-electron chi connectivity index (χ3n) is 5.28. The van der Waals surface area contributed by atoms with Gasteiger partial charge in [-0.3, -0.25) is 9.69 Å². The van der Waals surface area contributed by atoms with Crippen LogP contribution >= 0.6 is 0 Å². The van der Waals surface area contributed by atoms with Gasteiger partial charge in [0, 0.05) is 44.3 Å². The lowest BCUT2D eigenvalue weighted by Crippen LogP contribution is -2.53. The summed E-state index contributed by atoms with van der Waals surface area (Å²) in [6.45, 7) is 8.08. The van der Waals surface area contributed by atoms with Crippen molar-refractivity contribution < 1.29 is 19.1 Å². The predicted octanol–water partition coefficient (Wildman–Crippen LogP) is 3.48. The SMILES string of the molecule is C=CC(=O)NCc1ccc(F)c(-c2cccc(CN3CCN(C(=O)O)[C@@H](C)C3)c2)c1. The highest BCUT2D eigenvalue weighted by molar-refractivity contribution is 5.86. The molecule has 2 amide bonds. The van der Waals surface area contributed by atoms with Gasteiger partial charge >= 0.3 is 6.09 Å². The Kier molecular flexibility index (Phi) is 6.84. The summed E-state index contributed by atoms with van der Waals surface area (Å²) < 4.78 is 14.5. The summed E-state index contributed by atoms with van der Waals surface area (Å²) in [6.07, 6.45) is 0.314. The number of hydrogen-bond donors (Lipinski definition) is 2. The van der Waals surface area contributed by atoms with Gasteiger partial charge in [-0.25, -0.2) is 9.18 Å². The van der Waals surface area contributed by atoms with Crippen molar-refractivity contribution in [2.45, 2.75) is 26.1 Å². The second kappa shape index (κ2) is 9.54. The highest BCUT2D eigenvalue weighted by Crippen LogP contribution is 2.26. The molecule has 30 heavy (non-hydrogen) atoms. The Morgan fingerprint density at radius 1 is 1.23 bits per heavy atom. The van der Waals surface area contributed by atoms with Gasteiger partial charge in [0.15, 0.2) is 0 Å². The summed E-state index contributed by atoms with van der Waals surface area (Å²) in [5.41, 5.74) is 3.07. The summed E-state index contributed by atoms with van der Waals surface area (Å²) in [5.74, 6) is -0.602. The minimum absolute atomic E-state index is 0.0701. The van der Waals surface area contributed by atoms with Gasteiger partial charge in [0.05, 0.1) is 0 Å². The molecule has 0 spiro atoms. The van der Waals surface area contributed by atoms with Gasteiger partial charge in [-0.2, -0.15) is 0 Å². The van der Waals surface area contributed by atoms with Crippen LogP contribution < -0.4 is 5.32 Å². The molecule has 1 aliphatic rings. The van der Waals surface area contributed by atoms with Gasteiger partial charge < -0.3 is 15.3 Å². The van der Waals surface area contributed by atoms with Crippen LogP contribution in [0.15, 0.2) is 55.1 Å². The average molecular weight is 411 g/mol. The Morgan fingerprint density at radius 2 is 2.03 bits per heavy atom. The zero-order valence-corrected chi connectivity index (χ0v) is 17.0. The lowest BCUT2D eigenvalue weighted by Gasteiger charge is -2.38. The van der Waals surface area contributed by atoms with Crippen LogP contribution in [0.5, 0.6) is 0 Å². The first kappa shape index (κ1) is 21.5. The number of hydrogen-bond acceptors (Lipinski definition) is 3. The highest BCUT2D eigenvalue weighted by Gasteiger charge is 2.26. The van der Waals surface area contributed by atoms with Crippen LogP contribution in [0.25, 0.3) is 11.1 Å². The van der Waals surface area contributed by atoms with Gasteiger partial charge in [-0.15, -0.1) is 0 Å². The zero-order valence-electron chi connectivity index (χ0n) is 17.0. The van der Waals surface area contributed by atoms with Gasteiger partial charge in [-0.05, 0) is 47.9 Å². The van der Waals surface area contributed by atoms with E-state index < -0.39 is 6.09 Å². The third kappa shape index (κ3) is 5.24. The molecule has 0 bridgehead atoms. The molecule has 2 aromatic carbocycles. The molecule has 158 valence electrons. The van der Waals surface area contributed by atoms with E-state index >= 15 is 0 Å². The Labute approximate surface area is 175 Å². The van der Waals surface area contributed by atoms with Crippen molar-refractivity contribution in [3.05, 3.63) is 72.1 Å². The number of rotatable bonds is 6. The smallest absolute Gasteiger partial charge is 0.407 e. The van der Waals surface area contributed by atoms with Crippen molar-refractivity contribution in [3.8, 4) is 11.1 Å². The molecule has 0 aliphatic carbocycles. The molecule has 1 fully saturated rings. The van der Waals surface area contributed by atoms with Crippen LogP contribution in [0, 0.1) is 5.82 Å². The molecule has 0 radical (unpaired) electrons. The standard InChI is InChI=1S/C23H26FN3O3/c1-3-22(28)25-13-17-7-8-21(24)20(12-17)19-6-4-5-18(11-19)15-26-9-10-27(23(29)30)16(2)14-26/h3-8,11-12,16H,1,9-10,13-15H2,2H3,(H,25,28)(H,29,30)/t16-/m0/s1. The summed E-state index contributed by atoms with van der Waals surface area (Å²) in [4.78, 5) is 26.3. The van der Waals surface area contributed by atoms with E-state index in [1.165, 1.54) is 17.0 Å². The van der Waals surface area contributed by atoms with Crippen LogP contribution in [0.1, 0.15) is 18.1 Å². The van der Waals surface area contributed by atoms with E-state index in [-0.39, 0.29) is 17.8 Å². The average Bonchev–Trinajstić information content (AvgIpc) is 2.73. The molecule has 2 aromatic rings. The van der Waals surface area contributed by atoms with Gasteiger partial charge in [0.1, 0.15) is 5.82 Å². The lowest BCUT2D eigenvalue weighted by molar-refractivity contribution is -0.116. The summed E-state index contributed by atoms with van der Waals surface area (Å²) in [5, 5.41) is 11.9. The van der Waals surface area contributed by atoms with Crippen molar-refractivity contribution >= 4 is 12.0 Å². The van der Waals surface area contributed by atoms with Crippen LogP contribution in [0.4, 0.5) is 9.18 Å². The van der Waals surface area contributed by atoms with Crippen LogP contribution in [0.3, 0.4) is 0 Å². The zero-order chi connectivity index (χ0) is 21.7. The van der Waals surface area contributed by atoms with E-state index in [9.17, 15) is 19.1 Å². The van der Waals surface area contributed by atoms with E-state index in [0.29, 0.717) is 38.3 Å². The number of benzene rings is 2. The fourth-order valence-electron chi connectivity index (χ4n) is 3.72. The second-order valence-corrected chi connectivity index (χ2v) is 7.50. The molecule has 1 heterocycles. The number of amides is 2. The molecule has 0 saturated carbocycles. The van der Waals surface area contributed by atoms with E-state index in [2.05, 4.69) is 16.8 Å². The highest BCUT2D eigenvalue weighted by atomic mass is 19.1. The molecule has 1 atom stereocenters. The Bertz CT molecular complexity index is 947. The number of carbonyl (C=O) groups excluding carboxylic acids is 1. The summed E-state index contributed by atoms with van der Waals surface area (Å²) >= 11 is 0. The first-order valence-electron chi connectivity index (χ1n) is 9.87. The van der Waals surface area contributed by atoms with Gasteiger partial charge in [0.2, 0.25) is 5.91 Å². The van der Waals surface area contributed by atoms with Crippen LogP contribution in [0.2, 0.25) is 0 Å². The molecular weight excluding hydrogens is 385 g/mol. The van der Waals surface area contributed by atoms with E-state index in [1.54, 1.807) is 12.1 Å². The second-order valence-electron chi connectivity index (χ2n) is 7.50. The fourth-order valence-corrected chi connectivity index (χ4v) is 3.72. The number of halogens is 1. The number of piperazine rings is 1. The first-order valence-corrected chi connectivity index (χ1v) is 9.87. The maximum Gasteiger partial charge on any atom is 0.407 e. The number of carbonyl (C=O) groups is 2. The van der Waals surface area contributed by atoms with Crippen LogP contribution in [-0.2, 0) is 17.9 Å². The molecule has 6 nitrogen and oxygen atoms in total. The molecule has 3 rings (SSSR count). The van der Waals surface area contributed by atoms with Crippen molar-refractivity contribution in [2.75, 3.05) is 19.6 Å². The molecule has 0 aromatic heterocycles. The van der Waals surface area contributed by atoms with E-state index in [4.69, 9.17) is 0 Å². The van der Waals surface area contributed by atoms with E-state index in [1.807, 2.05) is 31.2 Å². The van der Waals surface area contributed by atoms with Gasteiger partial charge in [0.25, 0.3) is 0 Å². The summed E-state index contributed by atoms with van der Waals surface area (Å²) in [6, 6.07) is 12.4. The van der Waals surface area contributed by atoms with Crippen molar-refractivity contribution in [2.24, 2.45) is 0 Å². The lowest BCUT2D eigenvalue weighted by atomic mass is 10.00. The largest absolute Gasteiger partial charge is 0.465 e. The van der Waals surface area contributed by atoms with Gasteiger partial charge in [-0.1, -0.05) is 30.8 Å². The molecule has 1 aliphatic heterocycles. The van der Waals surface area contributed by atoms with Crippen molar-refractivity contribution in [1.29, 1.82) is 0 Å². The molecule has 7 heteroatoms. The third-order valence-corrected chi connectivity index (χ3v) is 5.28. The minimum atomic E-state index is -0.885. The van der Waals surface area contributed by atoms with E-state index in [0.717, 1.165) is 16.7 Å². The first-order chi connectivity index (χ1) is 14.4. The Balaban J connectivity index is 1.73.